The highest BCUT2D eigenvalue weighted by Crippen LogP contribution is 2.21. The van der Waals surface area contributed by atoms with E-state index in [1.165, 1.54) is 0 Å². The molecule has 0 saturated carbocycles. The van der Waals surface area contributed by atoms with Crippen molar-refractivity contribution in [2.24, 2.45) is 0 Å². The van der Waals surface area contributed by atoms with Crippen LogP contribution in [0, 0.1) is 0 Å². The first kappa shape index (κ1) is 13.8. The molecule has 1 N–H and O–H groups in total. The zero-order valence-corrected chi connectivity index (χ0v) is 12.0. The van der Waals surface area contributed by atoms with Gasteiger partial charge in [0.25, 0.3) is 0 Å². The van der Waals surface area contributed by atoms with Gasteiger partial charge in [-0.05, 0) is 29.8 Å². The third-order valence-electron chi connectivity index (χ3n) is 3.26. The number of nitrogens with zero attached hydrogens (tertiary/aromatic N) is 3. The van der Waals surface area contributed by atoms with E-state index in [4.69, 9.17) is 11.6 Å². The number of hydrogen-bond acceptors (Lipinski definition) is 3. The molecule has 1 atom stereocenters. The van der Waals surface area contributed by atoms with Crippen LogP contribution in [0.15, 0.2) is 60.8 Å². The van der Waals surface area contributed by atoms with E-state index in [-0.39, 0.29) is 0 Å². The number of para-hydroxylation sites is 1. The first-order chi connectivity index (χ1) is 10.2. The lowest BCUT2D eigenvalue weighted by molar-refractivity contribution is 0.170. The van der Waals surface area contributed by atoms with E-state index in [1.807, 2.05) is 54.6 Å². The minimum atomic E-state index is -0.679. The Morgan fingerprint density at radius 3 is 2.48 bits per heavy atom. The largest absolute Gasteiger partial charge is 0.386 e. The van der Waals surface area contributed by atoms with Crippen molar-refractivity contribution in [2.45, 2.75) is 12.5 Å². The average Bonchev–Trinajstić information content (AvgIpc) is 3.00. The smallest absolute Gasteiger partial charge is 0.102 e. The molecule has 3 rings (SSSR count). The van der Waals surface area contributed by atoms with Crippen LogP contribution in [0.25, 0.3) is 5.69 Å². The van der Waals surface area contributed by atoms with E-state index < -0.39 is 6.10 Å². The quantitative estimate of drug-likeness (QED) is 0.805. The minimum absolute atomic E-state index is 0.484. The topological polar surface area (TPSA) is 50.9 Å². The Morgan fingerprint density at radius 1 is 1.05 bits per heavy atom. The van der Waals surface area contributed by atoms with Crippen molar-refractivity contribution in [3.63, 3.8) is 0 Å². The highest BCUT2D eigenvalue weighted by atomic mass is 35.5. The van der Waals surface area contributed by atoms with Crippen molar-refractivity contribution >= 4 is 11.6 Å². The van der Waals surface area contributed by atoms with Crippen LogP contribution >= 0.6 is 11.6 Å². The number of aromatic nitrogens is 3. The molecule has 3 aromatic rings. The number of aliphatic hydroxyl groups excluding tert-OH is 1. The molecule has 21 heavy (non-hydrogen) atoms. The van der Waals surface area contributed by atoms with Gasteiger partial charge in [0.2, 0.25) is 0 Å². The Hall–Kier alpha value is -2.17. The van der Waals surface area contributed by atoms with Crippen LogP contribution < -0.4 is 0 Å². The third kappa shape index (κ3) is 3.12. The number of benzene rings is 2. The molecule has 0 aliphatic rings. The summed E-state index contributed by atoms with van der Waals surface area (Å²) in [5.74, 6) is 0. The zero-order chi connectivity index (χ0) is 14.7. The molecule has 1 unspecified atom stereocenters. The molecule has 106 valence electrons. The molecular weight excluding hydrogens is 286 g/mol. The van der Waals surface area contributed by atoms with Gasteiger partial charge in [-0.25, -0.2) is 4.68 Å². The van der Waals surface area contributed by atoms with Gasteiger partial charge in [0.05, 0.1) is 17.6 Å². The van der Waals surface area contributed by atoms with Gasteiger partial charge in [0.15, 0.2) is 0 Å². The lowest BCUT2D eigenvalue weighted by Crippen LogP contribution is -2.09. The first-order valence-corrected chi connectivity index (χ1v) is 7.00. The van der Waals surface area contributed by atoms with Gasteiger partial charge in [0.1, 0.15) is 6.10 Å². The second kappa shape index (κ2) is 6.08. The molecule has 0 bridgehead atoms. The maximum atomic E-state index is 10.4. The van der Waals surface area contributed by atoms with Crippen LogP contribution in [-0.2, 0) is 6.42 Å². The lowest BCUT2D eigenvalue weighted by atomic mass is 10.1. The molecular formula is C16H14ClN3O. The summed E-state index contributed by atoms with van der Waals surface area (Å²) in [6.45, 7) is 0. The highest BCUT2D eigenvalue weighted by Gasteiger charge is 2.16. The second-order valence-electron chi connectivity index (χ2n) is 4.75. The Bertz CT molecular complexity index is 710. The molecule has 5 heteroatoms. The number of halogens is 1. The van der Waals surface area contributed by atoms with Crippen LogP contribution in [0.2, 0.25) is 5.02 Å². The van der Waals surface area contributed by atoms with E-state index in [0.29, 0.717) is 17.1 Å². The van der Waals surface area contributed by atoms with E-state index in [0.717, 1.165) is 11.3 Å². The summed E-state index contributed by atoms with van der Waals surface area (Å²) < 4.78 is 1.65. The molecule has 0 amide bonds. The van der Waals surface area contributed by atoms with Gasteiger partial charge in [-0.3, -0.25) is 0 Å². The predicted molar refractivity (Wildman–Crippen MR) is 81.5 cm³/mol. The molecule has 0 saturated heterocycles. The van der Waals surface area contributed by atoms with E-state index in [2.05, 4.69) is 10.3 Å². The predicted octanol–water partition coefficient (Wildman–Crippen LogP) is 3.20. The Morgan fingerprint density at radius 2 is 1.76 bits per heavy atom. The summed E-state index contributed by atoms with van der Waals surface area (Å²) in [7, 11) is 0. The standard InChI is InChI=1S/C16H14ClN3O/c17-13-8-6-12(7-9-13)10-16(21)15-11-18-19-20(15)14-4-2-1-3-5-14/h1-9,11,16,21H,10H2. The third-order valence-corrected chi connectivity index (χ3v) is 3.51. The van der Waals surface area contributed by atoms with Gasteiger partial charge in [-0.1, -0.05) is 47.1 Å². The lowest BCUT2D eigenvalue weighted by Gasteiger charge is -2.12. The minimum Gasteiger partial charge on any atom is -0.386 e. The van der Waals surface area contributed by atoms with Crippen molar-refractivity contribution in [1.82, 2.24) is 15.0 Å². The van der Waals surface area contributed by atoms with Crippen molar-refractivity contribution < 1.29 is 5.11 Å². The van der Waals surface area contributed by atoms with Crippen LogP contribution in [0.3, 0.4) is 0 Å². The Labute approximate surface area is 127 Å². The number of rotatable bonds is 4. The fourth-order valence-electron chi connectivity index (χ4n) is 2.19. The average molecular weight is 300 g/mol. The molecule has 0 aliphatic carbocycles. The summed E-state index contributed by atoms with van der Waals surface area (Å²) in [5.41, 5.74) is 2.55. The normalized spacial score (nSPS) is 12.3. The van der Waals surface area contributed by atoms with Gasteiger partial charge in [-0.15, -0.1) is 5.10 Å². The molecule has 1 aromatic heterocycles. The summed E-state index contributed by atoms with van der Waals surface area (Å²) in [6, 6.07) is 17.1. The summed E-state index contributed by atoms with van der Waals surface area (Å²) >= 11 is 5.87. The SMILES string of the molecule is OC(Cc1ccc(Cl)cc1)c1cnnn1-c1ccccc1. The maximum Gasteiger partial charge on any atom is 0.102 e. The molecule has 0 radical (unpaired) electrons. The van der Waals surface area contributed by atoms with Crippen LogP contribution in [0.5, 0.6) is 0 Å². The fraction of sp³-hybridized carbons (Fsp3) is 0.125. The first-order valence-electron chi connectivity index (χ1n) is 6.62. The summed E-state index contributed by atoms with van der Waals surface area (Å²) in [4.78, 5) is 0. The molecule has 0 spiro atoms. The molecule has 0 aliphatic heterocycles. The Kier molecular flexibility index (Phi) is 3.99. The molecule has 0 fully saturated rings. The monoisotopic (exact) mass is 299 g/mol. The Balaban J connectivity index is 1.84. The highest BCUT2D eigenvalue weighted by molar-refractivity contribution is 6.30. The molecule has 4 nitrogen and oxygen atoms in total. The van der Waals surface area contributed by atoms with Gasteiger partial charge in [-0.2, -0.15) is 0 Å². The molecule has 2 aromatic carbocycles. The molecule has 1 heterocycles. The van der Waals surface area contributed by atoms with E-state index in [9.17, 15) is 5.11 Å². The summed E-state index contributed by atoms with van der Waals surface area (Å²) in [6.07, 6.45) is 1.40. The maximum absolute atomic E-state index is 10.4. The number of aliphatic hydroxyl groups is 1. The van der Waals surface area contributed by atoms with Crippen LogP contribution in [0.4, 0.5) is 0 Å². The van der Waals surface area contributed by atoms with E-state index >= 15 is 0 Å². The van der Waals surface area contributed by atoms with Gasteiger partial charge < -0.3 is 5.11 Å². The zero-order valence-electron chi connectivity index (χ0n) is 11.2. The summed E-state index contributed by atoms with van der Waals surface area (Å²) in [5, 5.41) is 19.1. The second-order valence-corrected chi connectivity index (χ2v) is 5.19. The van der Waals surface area contributed by atoms with E-state index in [1.54, 1.807) is 10.9 Å². The van der Waals surface area contributed by atoms with Crippen LogP contribution in [-0.4, -0.2) is 20.1 Å². The van der Waals surface area contributed by atoms with Gasteiger partial charge >= 0.3 is 0 Å². The number of hydrogen-bond donors (Lipinski definition) is 1. The van der Waals surface area contributed by atoms with Gasteiger partial charge in [0, 0.05) is 11.4 Å². The fourth-order valence-corrected chi connectivity index (χ4v) is 2.31. The van der Waals surface area contributed by atoms with Crippen molar-refractivity contribution in [3.05, 3.63) is 77.1 Å². The van der Waals surface area contributed by atoms with Crippen molar-refractivity contribution in [1.29, 1.82) is 0 Å². The van der Waals surface area contributed by atoms with Crippen molar-refractivity contribution in [3.8, 4) is 5.69 Å². The van der Waals surface area contributed by atoms with Crippen molar-refractivity contribution in [2.75, 3.05) is 0 Å². The van der Waals surface area contributed by atoms with Crippen LogP contribution in [0.1, 0.15) is 17.4 Å².